The van der Waals surface area contributed by atoms with Crippen LogP contribution in [-0.2, 0) is 6.61 Å². The van der Waals surface area contributed by atoms with Crippen LogP contribution in [0.25, 0.3) is 0 Å². The van der Waals surface area contributed by atoms with Gasteiger partial charge in [0.15, 0.2) is 11.5 Å². The minimum Gasteiger partial charge on any atom is -0.486 e. The Hall–Kier alpha value is -2.27. The molecule has 98 valence electrons. The van der Waals surface area contributed by atoms with Gasteiger partial charge in [-0.25, -0.2) is 4.98 Å². The van der Waals surface area contributed by atoms with Gasteiger partial charge in [0, 0.05) is 16.8 Å². The van der Waals surface area contributed by atoms with E-state index in [0.29, 0.717) is 10.8 Å². The minimum absolute atomic E-state index is 0.102. The molecule has 3 N–H and O–H groups in total. The monoisotopic (exact) mass is 277 g/mol. The number of hydrogen-bond acceptors (Lipinski definition) is 4. The largest absolute Gasteiger partial charge is 0.486 e. The van der Waals surface area contributed by atoms with Crippen LogP contribution in [0.2, 0.25) is 5.02 Å². The van der Waals surface area contributed by atoms with Gasteiger partial charge in [0.25, 0.3) is 0 Å². The topological polar surface area (TPSA) is 80.7 Å². The Morgan fingerprint density at radius 2 is 2.11 bits per heavy atom. The number of benzene rings is 1. The number of oxime groups is 1. The number of aromatic nitrogens is 1. The van der Waals surface area contributed by atoms with Gasteiger partial charge < -0.3 is 15.7 Å². The molecular weight excluding hydrogens is 266 g/mol. The number of pyridine rings is 1. The third kappa shape index (κ3) is 3.14. The van der Waals surface area contributed by atoms with E-state index in [0.717, 1.165) is 5.56 Å². The molecule has 0 aliphatic rings. The second kappa shape index (κ2) is 6.06. The van der Waals surface area contributed by atoms with Gasteiger partial charge in [-0.2, -0.15) is 0 Å². The van der Waals surface area contributed by atoms with Gasteiger partial charge >= 0.3 is 0 Å². The van der Waals surface area contributed by atoms with E-state index in [1.807, 2.05) is 18.2 Å². The maximum Gasteiger partial charge on any atom is 0.192 e. The predicted octanol–water partition coefficient (Wildman–Crippen LogP) is 2.41. The van der Waals surface area contributed by atoms with Crippen LogP contribution < -0.4 is 10.5 Å². The quantitative estimate of drug-likeness (QED) is 0.389. The zero-order valence-corrected chi connectivity index (χ0v) is 10.7. The number of amidine groups is 1. The molecule has 6 heteroatoms. The summed E-state index contributed by atoms with van der Waals surface area (Å²) in [7, 11) is 0. The second-order valence-electron chi connectivity index (χ2n) is 3.72. The van der Waals surface area contributed by atoms with E-state index in [9.17, 15) is 0 Å². The fourth-order valence-electron chi connectivity index (χ4n) is 1.52. The first-order valence-electron chi connectivity index (χ1n) is 5.51. The summed E-state index contributed by atoms with van der Waals surface area (Å²) in [6.45, 7) is 0.275. The normalized spacial score (nSPS) is 11.3. The minimum atomic E-state index is -0.102. The summed E-state index contributed by atoms with van der Waals surface area (Å²) in [6, 6.07) is 10.8. The summed E-state index contributed by atoms with van der Waals surface area (Å²) in [5.41, 5.74) is 6.66. The molecule has 0 saturated heterocycles. The number of nitrogens with two attached hydrogens (primary N) is 1. The van der Waals surface area contributed by atoms with E-state index in [2.05, 4.69) is 10.1 Å². The number of hydrogen-bond donors (Lipinski definition) is 2. The van der Waals surface area contributed by atoms with Crippen molar-refractivity contribution >= 4 is 17.4 Å². The Balaban J connectivity index is 2.19. The lowest BCUT2D eigenvalue weighted by Gasteiger charge is -2.10. The second-order valence-corrected chi connectivity index (χ2v) is 4.12. The van der Waals surface area contributed by atoms with Crippen LogP contribution in [0.4, 0.5) is 0 Å². The van der Waals surface area contributed by atoms with Crippen molar-refractivity contribution in [3.8, 4) is 5.75 Å². The summed E-state index contributed by atoms with van der Waals surface area (Å²) in [4.78, 5) is 4.01. The average molecular weight is 278 g/mol. The first-order valence-corrected chi connectivity index (χ1v) is 5.89. The fourth-order valence-corrected chi connectivity index (χ4v) is 1.71. The van der Waals surface area contributed by atoms with Gasteiger partial charge in [-0.3, -0.25) is 0 Å². The Morgan fingerprint density at radius 1 is 1.32 bits per heavy atom. The Labute approximate surface area is 115 Å². The van der Waals surface area contributed by atoms with Crippen molar-refractivity contribution in [2.45, 2.75) is 6.61 Å². The average Bonchev–Trinajstić information content (AvgIpc) is 2.46. The molecule has 1 aromatic carbocycles. The maximum atomic E-state index is 8.69. The van der Waals surface area contributed by atoms with Crippen LogP contribution in [0.3, 0.4) is 0 Å². The van der Waals surface area contributed by atoms with Gasteiger partial charge in [-0.15, -0.1) is 0 Å². The van der Waals surface area contributed by atoms with E-state index in [1.165, 1.54) is 6.20 Å². The van der Waals surface area contributed by atoms with Crippen molar-refractivity contribution in [2.24, 2.45) is 10.9 Å². The molecule has 0 aliphatic carbocycles. The zero-order chi connectivity index (χ0) is 13.7. The highest BCUT2D eigenvalue weighted by Crippen LogP contribution is 2.20. The van der Waals surface area contributed by atoms with Crippen molar-refractivity contribution in [3.05, 3.63) is 58.9 Å². The van der Waals surface area contributed by atoms with Gasteiger partial charge in [0.1, 0.15) is 12.4 Å². The smallest absolute Gasteiger partial charge is 0.192 e. The number of nitrogens with zero attached hydrogens (tertiary/aromatic N) is 2. The van der Waals surface area contributed by atoms with Crippen molar-refractivity contribution < 1.29 is 9.94 Å². The van der Waals surface area contributed by atoms with E-state index in [-0.39, 0.29) is 18.1 Å². The van der Waals surface area contributed by atoms with Gasteiger partial charge in [0.2, 0.25) is 0 Å². The van der Waals surface area contributed by atoms with E-state index >= 15 is 0 Å². The van der Waals surface area contributed by atoms with Gasteiger partial charge in [0.05, 0.1) is 0 Å². The third-order valence-corrected chi connectivity index (χ3v) is 2.83. The third-order valence-electron chi connectivity index (χ3n) is 2.46. The highest BCUT2D eigenvalue weighted by molar-refractivity contribution is 6.31. The molecular formula is C13H12ClN3O2. The highest BCUT2D eigenvalue weighted by atomic mass is 35.5. The molecule has 0 saturated carbocycles. The maximum absolute atomic E-state index is 8.69. The molecule has 0 amide bonds. The van der Waals surface area contributed by atoms with Crippen LogP contribution in [0, 0.1) is 0 Å². The molecule has 1 heterocycles. The molecule has 2 aromatic rings. The van der Waals surface area contributed by atoms with E-state index < -0.39 is 0 Å². The number of halogens is 1. The van der Waals surface area contributed by atoms with Crippen LogP contribution in [-0.4, -0.2) is 16.0 Å². The van der Waals surface area contributed by atoms with Crippen LogP contribution >= 0.6 is 11.6 Å². The van der Waals surface area contributed by atoms with E-state index in [4.69, 9.17) is 27.3 Å². The molecule has 0 fully saturated rings. The molecule has 0 unspecified atom stereocenters. The van der Waals surface area contributed by atoms with Crippen molar-refractivity contribution in [2.75, 3.05) is 0 Å². The number of ether oxygens (including phenoxy) is 1. The van der Waals surface area contributed by atoms with Crippen molar-refractivity contribution in [3.63, 3.8) is 0 Å². The fraction of sp³-hybridized carbons (Fsp3) is 0.0769. The first kappa shape index (κ1) is 13.2. The molecule has 0 aliphatic heterocycles. The Bertz CT molecular complexity index is 602. The molecule has 5 nitrogen and oxygen atoms in total. The van der Waals surface area contributed by atoms with Crippen molar-refractivity contribution in [1.82, 2.24) is 4.98 Å². The lowest BCUT2D eigenvalue weighted by molar-refractivity contribution is 0.302. The summed E-state index contributed by atoms with van der Waals surface area (Å²) in [5.74, 6) is 0.326. The predicted molar refractivity (Wildman–Crippen MR) is 72.5 cm³/mol. The van der Waals surface area contributed by atoms with Gasteiger partial charge in [-0.05, 0) is 18.2 Å². The first-order chi connectivity index (χ1) is 9.22. The Morgan fingerprint density at radius 3 is 2.84 bits per heavy atom. The zero-order valence-electron chi connectivity index (χ0n) is 9.95. The van der Waals surface area contributed by atoms with Crippen molar-refractivity contribution in [1.29, 1.82) is 0 Å². The van der Waals surface area contributed by atoms with Crippen LogP contribution in [0.15, 0.2) is 47.8 Å². The molecule has 0 atom stereocenters. The standard InChI is InChI=1S/C13H12ClN3O2/c14-10-5-2-1-4-9(10)8-19-11-6-3-7-16-12(11)13(15)17-18/h1-7,18H,8H2,(H2,15,17). The summed E-state index contributed by atoms with van der Waals surface area (Å²) in [6.07, 6.45) is 1.54. The molecule has 0 spiro atoms. The van der Waals surface area contributed by atoms with Crippen LogP contribution in [0.1, 0.15) is 11.3 Å². The highest BCUT2D eigenvalue weighted by Gasteiger charge is 2.10. The molecule has 1 aromatic heterocycles. The Kier molecular flexibility index (Phi) is 4.20. The molecule has 2 rings (SSSR count). The van der Waals surface area contributed by atoms with E-state index in [1.54, 1.807) is 18.2 Å². The SMILES string of the molecule is N/C(=N/O)c1ncccc1OCc1ccccc1Cl. The van der Waals surface area contributed by atoms with Gasteiger partial charge in [-0.1, -0.05) is 35.0 Å². The summed E-state index contributed by atoms with van der Waals surface area (Å²) >= 11 is 6.04. The van der Waals surface area contributed by atoms with Crippen LogP contribution in [0.5, 0.6) is 5.75 Å². The summed E-state index contributed by atoms with van der Waals surface area (Å²) < 4.78 is 5.61. The summed E-state index contributed by atoms with van der Waals surface area (Å²) in [5, 5.41) is 12.2. The lowest BCUT2D eigenvalue weighted by atomic mass is 10.2. The molecule has 0 radical (unpaired) electrons. The molecule has 0 bridgehead atoms. The number of rotatable bonds is 4. The molecule has 19 heavy (non-hydrogen) atoms. The lowest BCUT2D eigenvalue weighted by Crippen LogP contribution is -2.16.